The molecule has 1 unspecified atom stereocenters. The number of amides is 2. The Kier molecular flexibility index (Phi) is 7.95. The second-order valence-corrected chi connectivity index (χ2v) is 10.0. The summed E-state index contributed by atoms with van der Waals surface area (Å²) in [6.07, 6.45) is 1.82. The summed E-state index contributed by atoms with van der Waals surface area (Å²) < 4.78 is 10.8. The monoisotopic (exact) mass is 529 g/mol. The number of carbonyl (C=O) groups is 2. The largest absolute Gasteiger partial charge is 0.497 e. The average Bonchev–Trinajstić information content (AvgIpc) is 3.85. The molecule has 0 radical (unpaired) electrons. The molecule has 1 aliphatic carbocycles. The van der Waals surface area contributed by atoms with E-state index in [0.717, 1.165) is 29.8 Å². The molecule has 3 aromatic rings. The minimum absolute atomic E-state index is 0.0144. The average molecular weight is 530 g/mol. The van der Waals surface area contributed by atoms with Crippen LogP contribution in [0.2, 0.25) is 0 Å². The molecule has 2 fully saturated rings. The molecular formula is C30H35N5O4. The van der Waals surface area contributed by atoms with Gasteiger partial charge < -0.3 is 24.2 Å². The number of anilines is 1. The summed E-state index contributed by atoms with van der Waals surface area (Å²) in [5.74, 6) is 2.27. The van der Waals surface area contributed by atoms with Gasteiger partial charge in [0.1, 0.15) is 18.0 Å². The molecule has 1 saturated carbocycles. The lowest BCUT2D eigenvalue weighted by atomic mass is 10.1. The molecule has 1 saturated heterocycles. The first-order chi connectivity index (χ1) is 19.0. The predicted octanol–water partition coefficient (Wildman–Crippen LogP) is 3.81. The van der Waals surface area contributed by atoms with Gasteiger partial charge in [-0.3, -0.25) is 9.59 Å². The normalized spacial score (nSPS) is 16.0. The lowest BCUT2D eigenvalue weighted by Crippen LogP contribution is -2.52. The van der Waals surface area contributed by atoms with Crippen molar-refractivity contribution in [3.05, 3.63) is 66.2 Å². The standard InChI is InChI=1S/C30H35N5O4/c1-21(22-7-5-4-6-8-22)35(30(37)23-9-10-23)20-29(36)34-17-15-33(16-18-34)28-14-13-26(31-32-28)25-12-11-24(38-2)19-27(25)39-3/h4-8,11-14,19,21,23H,9-10,15-18,20H2,1-3H3. The first-order valence-electron chi connectivity index (χ1n) is 13.4. The molecule has 0 spiro atoms. The smallest absolute Gasteiger partial charge is 0.242 e. The summed E-state index contributed by atoms with van der Waals surface area (Å²) in [6.45, 7) is 4.54. The molecule has 0 bridgehead atoms. The molecule has 2 heterocycles. The first-order valence-corrected chi connectivity index (χ1v) is 13.4. The van der Waals surface area contributed by atoms with Crippen LogP contribution < -0.4 is 14.4 Å². The summed E-state index contributed by atoms with van der Waals surface area (Å²) in [6, 6.07) is 19.2. The van der Waals surface area contributed by atoms with Crippen LogP contribution in [0.5, 0.6) is 11.5 Å². The Hall–Kier alpha value is -4.14. The van der Waals surface area contributed by atoms with E-state index in [1.165, 1.54) is 0 Å². The van der Waals surface area contributed by atoms with Gasteiger partial charge in [0.25, 0.3) is 0 Å². The topological polar surface area (TPSA) is 88.1 Å². The Morgan fingerprint density at radius 1 is 0.949 bits per heavy atom. The SMILES string of the molecule is COc1ccc(-c2ccc(N3CCN(C(=O)CN(C(=O)C4CC4)C(C)c4ccccc4)CC3)nn2)c(OC)c1. The van der Waals surface area contributed by atoms with Crippen molar-refractivity contribution >= 4 is 17.6 Å². The first kappa shape index (κ1) is 26.5. The van der Waals surface area contributed by atoms with E-state index in [0.29, 0.717) is 43.4 Å². The maximum absolute atomic E-state index is 13.3. The lowest BCUT2D eigenvalue weighted by Gasteiger charge is -2.37. The van der Waals surface area contributed by atoms with Crippen LogP contribution in [0.3, 0.4) is 0 Å². The van der Waals surface area contributed by atoms with Crippen LogP contribution in [0.15, 0.2) is 60.7 Å². The van der Waals surface area contributed by atoms with Crippen LogP contribution >= 0.6 is 0 Å². The van der Waals surface area contributed by atoms with E-state index in [1.807, 2.05) is 72.5 Å². The number of nitrogens with zero attached hydrogens (tertiary/aromatic N) is 5. The highest BCUT2D eigenvalue weighted by Gasteiger charge is 2.37. The molecular weight excluding hydrogens is 494 g/mol. The number of hydrogen-bond acceptors (Lipinski definition) is 7. The molecule has 5 rings (SSSR count). The summed E-state index contributed by atoms with van der Waals surface area (Å²) >= 11 is 0. The van der Waals surface area contributed by atoms with Gasteiger partial charge >= 0.3 is 0 Å². The third-order valence-corrected chi connectivity index (χ3v) is 7.56. The number of carbonyl (C=O) groups excluding carboxylic acids is 2. The fourth-order valence-electron chi connectivity index (χ4n) is 4.96. The number of ether oxygens (including phenoxy) is 2. The van der Waals surface area contributed by atoms with E-state index in [1.54, 1.807) is 19.1 Å². The number of piperazine rings is 1. The van der Waals surface area contributed by atoms with Gasteiger partial charge in [-0.05, 0) is 49.6 Å². The molecule has 1 aliphatic heterocycles. The van der Waals surface area contributed by atoms with Crippen LogP contribution in [0.25, 0.3) is 11.3 Å². The maximum atomic E-state index is 13.3. The van der Waals surface area contributed by atoms with Crippen LogP contribution in [0, 0.1) is 5.92 Å². The van der Waals surface area contributed by atoms with Gasteiger partial charge in [0.15, 0.2) is 5.82 Å². The van der Waals surface area contributed by atoms with Crippen molar-refractivity contribution in [2.75, 3.05) is 51.8 Å². The second kappa shape index (κ2) is 11.7. The highest BCUT2D eigenvalue weighted by atomic mass is 16.5. The van der Waals surface area contributed by atoms with Gasteiger partial charge in [-0.25, -0.2) is 0 Å². The zero-order valence-corrected chi connectivity index (χ0v) is 22.7. The Morgan fingerprint density at radius 3 is 2.31 bits per heavy atom. The van der Waals surface area contributed by atoms with Crippen molar-refractivity contribution in [1.82, 2.24) is 20.0 Å². The Balaban J connectivity index is 1.20. The number of rotatable bonds is 9. The Morgan fingerprint density at radius 2 is 1.69 bits per heavy atom. The van der Waals surface area contributed by atoms with Crippen molar-refractivity contribution < 1.29 is 19.1 Å². The summed E-state index contributed by atoms with van der Waals surface area (Å²) in [5, 5.41) is 8.89. The fraction of sp³-hybridized carbons (Fsp3) is 0.400. The molecule has 204 valence electrons. The second-order valence-electron chi connectivity index (χ2n) is 10.0. The summed E-state index contributed by atoms with van der Waals surface area (Å²) in [7, 11) is 3.23. The minimum Gasteiger partial charge on any atom is -0.497 e. The predicted molar refractivity (Wildman–Crippen MR) is 149 cm³/mol. The molecule has 0 N–H and O–H groups in total. The van der Waals surface area contributed by atoms with E-state index in [2.05, 4.69) is 15.1 Å². The van der Waals surface area contributed by atoms with Crippen molar-refractivity contribution in [1.29, 1.82) is 0 Å². The third-order valence-electron chi connectivity index (χ3n) is 7.56. The van der Waals surface area contributed by atoms with Gasteiger partial charge in [-0.1, -0.05) is 30.3 Å². The molecule has 9 nitrogen and oxygen atoms in total. The van der Waals surface area contributed by atoms with Gasteiger partial charge in [0, 0.05) is 43.7 Å². The Bertz CT molecular complexity index is 1290. The van der Waals surface area contributed by atoms with Crippen molar-refractivity contribution in [3.8, 4) is 22.8 Å². The van der Waals surface area contributed by atoms with Crippen molar-refractivity contribution in [2.24, 2.45) is 5.92 Å². The third kappa shape index (κ3) is 5.97. The van der Waals surface area contributed by atoms with Crippen LogP contribution in [-0.2, 0) is 9.59 Å². The van der Waals surface area contributed by atoms with E-state index >= 15 is 0 Å². The van der Waals surface area contributed by atoms with Gasteiger partial charge in [-0.15, -0.1) is 10.2 Å². The Labute approximate surface area is 229 Å². The zero-order valence-electron chi connectivity index (χ0n) is 22.7. The number of aromatic nitrogens is 2. The van der Waals surface area contributed by atoms with E-state index in [4.69, 9.17) is 9.47 Å². The van der Waals surface area contributed by atoms with Crippen LogP contribution in [0.1, 0.15) is 31.4 Å². The van der Waals surface area contributed by atoms with Gasteiger partial charge in [0.2, 0.25) is 11.8 Å². The van der Waals surface area contributed by atoms with Crippen molar-refractivity contribution in [3.63, 3.8) is 0 Å². The highest BCUT2D eigenvalue weighted by Crippen LogP contribution is 2.34. The van der Waals surface area contributed by atoms with E-state index in [-0.39, 0.29) is 30.3 Å². The minimum atomic E-state index is -0.150. The molecule has 39 heavy (non-hydrogen) atoms. The number of methoxy groups -OCH3 is 2. The maximum Gasteiger partial charge on any atom is 0.242 e. The van der Waals surface area contributed by atoms with E-state index < -0.39 is 0 Å². The van der Waals surface area contributed by atoms with E-state index in [9.17, 15) is 9.59 Å². The quantitative estimate of drug-likeness (QED) is 0.417. The summed E-state index contributed by atoms with van der Waals surface area (Å²) in [5.41, 5.74) is 2.58. The molecule has 1 atom stereocenters. The molecule has 9 heteroatoms. The molecule has 2 aliphatic rings. The number of hydrogen-bond donors (Lipinski definition) is 0. The molecule has 2 aromatic carbocycles. The lowest BCUT2D eigenvalue weighted by molar-refractivity contribution is -0.143. The number of benzene rings is 2. The fourth-order valence-corrected chi connectivity index (χ4v) is 4.96. The van der Waals surface area contributed by atoms with Gasteiger partial charge in [0.05, 0.1) is 26.0 Å². The van der Waals surface area contributed by atoms with Crippen molar-refractivity contribution in [2.45, 2.75) is 25.8 Å². The van der Waals surface area contributed by atoms with Gasteiger partial charge in [-0.2, -0.15) is 0 Å². The van der Waals surface area contributed by atoms with Crippen LogP contribution in [-0.4, -0.2) is 78.8 Å². The molecule has 1 aromatic heterocycles. The highest BCUT2D eigenvalue weighted by molar-refractivity contribution is 5.87. The molecule has 2 amide bonds. The summed E-state index contributed by atoms with van der Waals surface area (Å²) in [4.78, 5) is 32.1. The zero-order chi connectivity index (χ0) is 27.4. The van der Waals surface area contributed by atoms with Crippen LogP contribution in [0.4, 0.5) is 5.82 Å².